The lowest BCUT2D eigenvalue weighted by atomic mass is 10.2. The molecular weight excluding hydrogens is 412 g/mol. The number of carbonyl (C=O) groups is 1. The van der Waals surface area contributed by atoms with Crippen molar-refractivity contribution in [1.29, 1.82) is 0 Å². The third-order valence-corrected chi connectivity index (χ3v) is 5.20. The number of aromatic nitrogens is 4. The van der Waals surface area contributed by atoms with Crippen molar-refractivity contribution in [2.75, 3.05) is 58.0 Å². The third-order valence-electron chi connectivity index (χ3n) is 5.20. The lowest BCUT2D eigenvalue weighted by molar-refractivity contribution is -0.136. The zero-order valence-electron chi connectivity index (χ0n) is 18.2. The van der Waals surface area contributed by atoms with Crippen LogP contribution in [-0.2, 0) is 14.3 Å². The maximum Gasteiger partial charge on any atom is 0.268 e. The van der Waals surface area contributed by atoms with Crippen LogP contribution in [0.25, 0.3) is 23.0 Å². The Hall–Kier alpha value is -3.37. The maximum atomic E-state index is 12.3. The average Bonchev–Trinajstić information content (AvgIpc) is 3.33. The van der Waals surface area contributed by atoms with Crippen molar-refractivity contribution in [2.45, 2.75) is 6.92 Å². The summed E-state index contributed by atoms with van der Waals surface area (Å²) in [4.78, 5) is 25.4. The van der Waals surface area contributed by atoms with Crippen molar-refractivity contribution in [1.82, 2.24) is 25.1 Å². The minimum absolute atomic E-state index is 0.0178. The van der Waals surface area contributed by atoms with Crippen molar-refractivity contribution in [2.24, 2.45) is 0 Å². The summed E-state index contributed by atoms with van der Waals surface area (Å²) in [6.07, 6.45) is 1.73. The number of methoxy groups -OCH3 is 1. The molecule has 1 saturated heterocycles. The van der Waals surface area contributed by atoms with E-state index >= 15 is 0 Å². The van der Waals surface area contributed by atoms with Crippen LogP contribution in [0.2, 0.25) is 0 Å². The van der Waals surface area contributed by atoms with Crippen molar-refractivity contribution < 1.29 is 18.7 Å². The summed E-state index contributed by atoms with van der Waals surface area (Å²) in [5.41, 5.74) is 2.11. The standard InChI is InChI=1S/C22H26N6O4/c1-16-20(22-26-25-21(32-22)17-6-4-3-5-7-17)24-18(14-23-16)27-8-10-28(11-9-27)19(29)15-31-13-12-30-2/h3-7,14H,8-13,15H2,1-2H3. The summed E-state index contributed by atoms with van der Waals surface area (Å²) in [5.74, 6) is 1.47. The molecule has 168 valence electrons. The minimum Gasteiger partial charge on any atom is -0.415 e. The van der Waals surface area contributed by atoms with Gasteiger partial charge in [0.05, 0.1) is 25.1 Å². The van der Waals surface area contributed by atoms with Crippen LogP contribution in [0.5, 0.6) is 0 Å². The number of amides is 1. The lowest BCUT2D eigenvalue weighted by Gasteiger charge is -2.35. The van der Waals surface area contributed by atoms with Gasteiger partial charge in [-0.3, -0.25) is 9.78 Å². The molecule has 1 aromatic carbocycles. The summed E-state index contributed by atoms with van der Waals surface area (Å²) in [6.45, 7) is 5.30. The van der Waals surface area contributed by atoms with Crippen molar-refractivity contribution >= 4 is 11.7 Å². The number of rotatable bonds is 8. The fourth-order valence-electron chi connectivity index (χ4n) is 3.39. The normalized spacial score (nSPS) is 14.1. The number of hydrogen-bond acceptors (Lipinski definition) is 9. The molecular formula is C22H26N6O4. The van der Waals surface area contributed by atoms with Crippen molar-refractivity contribution in [3.05, 3.63) is 42.2 Å². The number of anilines is 1. The van der Waals surface area contributed by atoms with Crippen molar-refractivity contribution in [3.8, 4) is 23.0 Å². The molecule has 1 fully saturated rings. The summed E-state index contributed by atoms with van der Waals surface area (Å²) < 4.78 is 16.1. The Bertz CT molecular complexity index is 1030. The molecule has 32 heavy (non-hydrogen) atoms. The molecule has 1 amide bonds. The van der Waals surface area contributed by atoms with E-state index in [1.54, 1.807) is 18.2 Å². The fraction of sp³-hybridized carbons (Fsp3) is 0.409. The Kier molecular flexibility index (Phi) is 7.03. The van der Waals surface area contributed by atoms with E-state index in [0.717, 1.165) is 5.56 Å². The number of benzene rings is 1. The third kappa shape index (κ3) is 5.09. The van der Waals surface area contributed by atoms with E-state index in [9.17, 15) is 4.79 Å². The number of nitrogens with zero attached hydrogens (tertiary/aromatic N) is 6. The first-order valence-electron chi connectivity index (χ1n) is 10.5. The molecule has 10 nitrogen and oxygen atoms in total. The molecule has 0 spiro atoms. The van der Waals surface area contributed by atoms with E-state index < -0.39 is 0 Å². The smallest absolute Gasteiger partial charge is 0.268 e. The van der Waals surface area contributed by atoms with Gasteiger partial charge < -0.3 is 23.7 Å². The highest BCUT2D eigenvalue weighted by Gasteiger charge is 2.23. The molecule has 0 N–H and O–H groups in total. The molecule has 2 aromatic heterocycles. The summed E-state index contributed by atoms with van der Waals surface area (Å²) in [5, 5.41) is 8.32. The van der Waals surface area contributed by atoms with Gasteiger partial charge in [-0.15, -0.1) is 10.2 Å². The summed E-state index contributed by atoms with van der Waals surface area (Å²) >= 11 is 0. The number of aryl methyl sites for hydroxylation is 1. The molecule has 0 aliphatic carbocycles. The number of hydrogen-bond donors (Lipinski definition) is 0. The SMILES string of the molecule is COCCOCC(=O)N1CCN(c2cnc(C)c(-c3nnc(-c4ccccc4)o3)n2)CC1. The lowest BCUT2D eigenvalue weighted by Crippen LogP contribution is -2.50. The highest BCUT2D eigenvalue weighted by atomic mass is 16.5. The average molecular weight is 438 g/mol. The van der Waals surface area contributed by atoms with Gasteiger partial charge in [0.15, 0.2) is 5.69 Å². The van der Waals surface area contributed by atoms with E-state index in [-0.39, 0.29) is 12.5 Å². The second kappa shape index (κ2) is 10.3. The van der Waals surface area contributed by atoms with Crippen LogP contribution in [0.4, 0.5) is 5.82 Å². The van der Waals surface area contributed by atoms with E-state index in [0.29, 0.717) is 68.4 Å². The second-order valence-corrected chi connectivity index (χ2v) is 7.35. The van der Waals surface area contributed by atoms with Gasteiger partial charge in [-0.1, -0.05) is 18.2 Å². The number of ether oxygens (including phenoxy) is 2. The highest BCUT2D eigenvalue weighted by molar-refractivity contribution is 5.77. The predicted octanol–water partition coefficient (Wildman–Crippen LogP) is 1.81. The van der Waals surface area contributed by atoms with Crippen LogP contribution < -0.4 is 4.90 Å². The van der Waals surface area contributed by atoms with Crippen molar-refractivity contribution in [3.63, 3.8) is 0 Å². The molecule has 0 saturated carbocycles. The van der Waals surface area contributed by atoms with Crippen LogP contribution >= 0.6 is 0 Å². The molecule has 0 atom stereocenters. The van der Waals surface area contributed by atoms with Crippen LogP contribution in [0.1, 0.15) is 5.69 Å². The largest absolute Gasteiger partial charge is 0.415 e. The molecule has 1 aliphatic heterocycles. The molecule has 3 aromatic rings. The Balaban J connectivity index is 1.41. The van der Waals surface area contributed by atoms with Crippen LogP contribution in [0.3, 0.4) is 0 Å². The van der Waals surface area contributed by atoms with Gasteiger partial charge in [-0.25, -0.2) is 4.98 Å². The highest BCUT2D eigenvalue weighted by Crippen LogP contribution is 2.26. The summed E-state index contributed by atoms with van der Waals surface area (Å²) in [6, 6.07) is 9.59. The predicted molar refractivity (Wildman–Crippen MR) is 117 cm³/mol. The molecule has 10 heteroatoms. The van der Waals surface area contributed by atoms with Gasteiger partial charge >= 0.3 is 0 Å². The van der Waals surface area contributed by atoms with Crippen LogP contribution in [0.15, 0.2) is 40.9 Å². The molecule has 1 aliphatic rings. The van der Waals surface area contributed by atoms with Crippen LogP contribution in [0, 0.1) is 6.92 Å². The molecule has 4 rings (SSSR count). The second-order valence-electron chi connectivity index (χ2n) is 7.35. The van der Waals surface area contributed by atoms with Gasteiger partial charge in [0.2, 0.25) is 11.8 Å². The molecule has 0 bridgehead atoms. The van der Waals surface area contributed by atoms with Gasteiger partial charge in [0.25, 0.3) is 5.89 Å². The summed E-state index contributed by atoms with van der Waals surface area (Å²) in [7, 11) is 1.60. The first kappa shape index (κ1) is 21.8. The van der Waals surface area contributed by atoms with E-state index in [2.05, 4.69) is 20.1 Å². The molecule has 3 heterocycles. The van der Waals surface area contributed by atoms with Gasteiger partial charge in [-0.2, -0.15) is 0 Å². The zero-order valence-corrected chi connectivity index (χ0v) is 18.2. The monoisotopic (exact) mass is 438 g/mol. The molecule has 0 radical (unpaired) electrons. The number of carbonyl (C=O) groups excluding carboxylic acids is 1. The maximum absolute atomic E-state index is 12.3. The first-order valence-corrected chi connectivity index (χ1v) is 10.5. The fourth-order valence-corrected chi connectivity index (χ4v) is 3.39. The Morgan fingerprint density at radius 1 is 1.06 bits per heavy atom. The number of piperazine rings is 1. The first-order chi connectivity index (χ1) is 15.7. The van der Waals surface area contributed by atoms with Gasteiger partial charge in [-0.05, 0) is 19.1 Å². The quantitative estimate of drug-likeness (QED) is 0.487. The van der Waals surface area contributed by atoms with E-state index in [4.69, 9.17) is 18.9 Å². The van der Waals surface area contributed by atoms with Crippen LogP contribution in [-0.4, -0.2) is 84.1 Å². The van der Waals surface area contributed by atoms with Gasteiger partial charge in [0, 0.05) is 38.9 Å². The Labute approximate surface area is 186 Å². The Morgan fingerprint density at radius 2 is 1.81 bits per heavy atom. The zero-order chi connectivity index (χ0) is 22.3. The van der Waals surface area contributed by atoms with E-state index in [1.165, 1.54) is 0 Å². The Morgan fingerprint density at radius 3 is 2.56 bits per heavy atom. The van der Waals surface area contributed by atoms with Gasteiger partial charge in [0.1, 0.15) is 12.4 Å². The molecule has 0 unspecified atom stereocenters. The van der Waals surface area contributed by atoms with E-state index in [1.807, 2.05) is 37.3 Å². The minimum atomic E-state index is -0.0178. The topological polar surface area (TPSA) is 107 Å².